The first-order valence-corrected chi connectivity index (χ1v) is 12.4. The maximum Gasteiger partial charge on any atom is 0.234 e. The van der Waals surface area contributed by atoms with Crippen LogP contribution in [0.15, 0.2) is 78.0 Å². The maximum absolute atomic E-state index is 12.7. The standard InChI is InChI=1S/C27H27ClN4OS/c1-18-10-15-21(28)16-23(18)29-24(33)17-34-26-31-30-25(32(26)22-8-6-5-7-9-22)19-11-13-20(14-12-19)27(2,3)4/h5-16H,17H2,1-4H3,(H,29,33). The van der Waals surface area contributed by atoms with Crippen LogP contribution in [0, 0.1) is 6.92 Å². The third-order valence-electron chi connectivity index (χ3n) is 5.46. The van der Waals surface area contributed by atoms with Crippen molar-refractivity contribution >= 4 is 35.0 Å². The number of nitrogens with zero attached hydrogens (tertiary/aromatic N) is 3. The van der Waals surface area contributed by atoms with E-state index in [-0.39, 0.29) is 17.1 Å². The molecule has 174 valence electrons. The van der Waals surface area contributed by atoms with Crippen LogP contribution >= 0.6 is 23.4 Å². The maximum atomic E-state index is 12.7. The predicted molar refractivity (Wildman–Crippen MR) is 141 cm³/mol. The zero-order valence-corrected chi connectivity index (χ0v) is 21.2. The third kappa shape index (κ3) is 5.51. The molecule has 0 fully saturated rings. The molecule has 0 saturated carbocycles. The fraction of sp³-hybridized carbons (Fsp3) is 0.222. The average Bonchev–Trinajstić information content (AvgIpc) is 3.24. The highest BCUT2D eigenvalue weighted by atomic mass is 35.5. The minimum Gasteiger partial charge on any atom is -0.325 e. The molecule has 0 aliphatic rings. The highest BCUT2D eigenvalue weighted by Gasteiger charge is 2.19. The van der Waals surface area contributed by atoms with E-state index in [1.807, 2.05) is 47.9 Å². The smallest absolute Gasteiger partial charge is 0.234 e. The number of aryl methyl sites for hydroxylation is 1. The number of hydrogen-bond acceptors (Lipinski definition) is 4. The highest BCUT2D eigenvalue weighted by molar-refractivity contribution is 7.99. The summed E-state index contributed by atoms with van der Waals surface area (Å²) in [5.41, 5.74) is 4.90. The van der Waals surface area contributed by atoms with Crippen LogP contribution in [0.25, 0.3) is 17.1 Å². The van der Waals surface area contributed by atoms with E-state index in [0.717, 1.165) is 22.6 Å². The number of amides is 1. The first-order valence-electron chi connectivity index (χ1n) is 11.0. The van der Waals surface area contributed by atoms with Crippen LogP contribution in [0.4, 0.5) is 5.69 Å². The van der Waals surface area contributed by atoms with Crippen molar-refractivity contribution in [2.24, 2.45) is 0 Å². The van der Waals surface area contributed by atoms with Gasteiger partial charge in [-0.15, -0.1) is 10.2 Å². The molecular formula is C27H27ClN4OS. The van der Waals surface area contributed by atoms with Crippen molar-refractivity contribution in [2.45, 2.75) is 38.3 Å². The Bertz CT molecular complexity index is 1290. The molecule has 34 heavy (non-hydrogen) atoms. The molecule has 0 saturated heterocycles. The lowest BCUT2D eigenvalue weighted by atomic mass is 9.87. The predicted octanol–water partition coefficient (Wildman–Crippen LogP) is 6.92. The van der Waals surface area contributed by atoms with Crippen molar-refractivity contribution in [3.8, 4) is 17.1 Å². The molecule has 0 atom stereocenters. The Morgan fingerprint density at radius 2 is 1.71 bits per heavy atom. The van der Waals surface area contributed by atoms with Gasteiger partial charge in [-0.1, -0.05) is 92.7 Å². The second-order valence-electron chi connectivity index (χ2n) is 9.10. The van der Waals surface area contributed by atoms with Crippen molar-refractivity contribution in [3.05, 3.63) is 88.9 Å². The quantitative estimate of drug-likeness (QED) is 0.298. The second-order valence-corrected chi connectivity index (χ2v) is 10.5. The molecule has 1 aromatic heterocycles. The summed E-state index contributed by atoms with van der Waals surface area (Å²) in [6.45, 7) is 8.51. The van der Waals surface area contributed by atoms with Crippen molar-refractivity contribution in [1.29, 1.82) is 0 Å². The molecule has 0 unspecified atom stereocenters. The SMILES string of the molecule is Cc1ccc(Cl)cc1NC(=O)CSc1nnc(-c2ccc(C(C)(C)C)cc2)n1-c1ccccc1. The van der Waals surface area contributed by atoms with Crippen LogP contribution in [-0.2, 0) is 10.2 Å². The van der Waals surface area contributed by atoms with E-state index in [4.69, 9.17) is 11.6 Å². The van der Waals surface area contributed by atoms with E-state index in [1.165, 1.54) is 17.3 Å². The Morgan fingerprint density at radius 3 is 2.38 bits per heavy atom. The van der Waals surface area contributed by atoms with Gasteiger partial charge in [0.15, 0.2) is 11.0 Å². The van der Waals surface area contributed by atoms with Gasteiger partial charge in [0.2, 0.25) is 5.91 Å². The number of benzene rings is 3. The minimum atomic E-state index is -0.131. The number of carbonyl (C=O) groups is 1. The van der Waals surface area contributed by atoms with Gasteiger partial charge in [-0.3, -0.25) is 9.36 Å². The third-order valence-corrected chi connectivity index (χ3v) is 6.63. The summed E-state index contributed by atoms with van der Waals surface area (Å²) in [5, 5.41) is 13.1. The van der Waals surface area contributed by atoms with Crippen molar-refractivity contribution in [3.63, 3.8) is 0 Å². The number of halogens is 1. The number of anilines is 1. The van der Waals surface area contributed by atoms with Gasteiger partial charge in [0, 0.05) is 22.0 Å². The van der Waals surface area contributed by atoms with Gasteiger partial charge in [-0.25, -0.2) is 0 Å². The van der Waals surface area contributed by atoms with E-state index >= 15 is 0 Å². The van der Waals surface area contributed by atoms with Crippen LogP contribution in [0.5, 0.6) is 0 Å². The summed E-state index contributed by atoms with van der Waals surface area (Å²) in [7, 11) is 0. The molecule has 4 aromatic rings. The molecule has 0 aliphatic heterocycles. The minimum absolute atomic E-state index is 0.0708. The summed E-state index contributed by atoms with van der Waals surface area (Å²) in [6, 6.07) is 23.8. The van der Waals surface area contributed by atoms with E-state index in [9.17, 15) is 4.79 Å². The topological polar surface area (TPSA) is 59.8 Å². The molecule has 4 rings (SSSR count). The van der Waals surface area contributed by atoms with Gasteiger partial charge in [-0.2, -0.15) is 0 Å². The molecule has 0 radical (unpaired) electrons. The van der Waals surface area contributed by atoms with E-state index in [1.54, 1.807) is 12.1 Å². The van der Waals surface area contributed by atoms with Gasteiger partial charge in [0.05, 0.1) is 5.75 Å². The molecule has 7 heteroatoms. The normalized spacial score (nSPS) is 11.4. The van der Waals surface area contributed by atoms with Gasteiger partial charge < -0.3 is 5.32 Å². The number of thioether (sulfide) groups is 1. The monoisotopic (exact) mass is 490 g/mol. The average molecular weight is 491 g/mol. The number of carbonyl (C=O) groups excluding carboxylic acids is 1. The zero-order chi connectivity index (χ0) is 24.3. The molecule has 0 bridgehead atoms. The Morgan fingerprint density at radius 1 is 1.00 bits per heavy atom. The molecule has 0 aliphatic carbocycles. The van der Waals surface area contributed by atoms with Gasteiger partial charge >= 0.3 is 0 Å². The lowest BCUT2D eigenvalue weighted by Crippen LogP contribution is -2.15. The summed E-state index contributed by atoms with van der Waals surface area (Å²) < 4.78 is 1.99. The van der Waals surface area contributed by atoms with Gasteiger partial charge in [0.25, 0.3) is 0 Å². The van der Waals surface area contributed by atoms with Gasteiger partial charge in [-0.05, 0) is 47.7 Å². The lowest BCUT2D eigenvalue weighted by molar-refractivity contribution is -0.113. The summed E-state index contributed by atoms with van der Waals surface area (Å²) in [5.74, 6) is 0.800. The van der Waals surface area contributed by atoms with E-state index in [0.29, 0.717) is 15.9 Å². The van der Waals surface area contributed by atoms with Crippen molar-refractivity contribution in [1.82, 2.24) is 14.8 Å². The highest BCUT2D eigenvalue weighted by Crippen LogP contribution is 2.30. The van der Waals surface area contributed by atoms with Gasteiger partial charge in [0.1, 0.15) is 0 Å². The van der Waals surface area contributed by atoms with Crippen LogP contribution in [-0.4, -0.2) is 26.4 Å². The summed E-state index contributed by atoms with van der Waals surface area (Å²) in [6.07, 6.45) is 0. The Balaban J connectivity index is 1.60. The van der Waals surface area contributed by atoms with E-state index < -0.39 is 0 Å². The zero-order valence-electron chi connectivity index (χ0n) is 19.7. The number of aromatic nitrogens is 3. The summed E-state index contributed by atoms with van der Waals surface area (Å²) >= 11 is 7.43. The van der Waals surface area contributed by atoms with Crippen molar-refractivity contribution < 1.29 is 4.79 Å². The van der Waals surface area contributed by atoms with Crippen molar-refractivity contribution in [2.75, 3.05) is 11.1 Å². The first-order chi connectivity index (χ1) is 16.2. The molecule has 1 N–H and O–H groups in total. The summed E-state index contributed by atoms with van der Waals surface area (Å²) in [4.78, 5) is 12.7. The van der Waals surface area contributed by atoms with Crippen LogP contribution in [0.1, 0.15) is 31.9 Å². The number of nitrogens with one attached hydrogen (secondary N) is 1. The van der Waals surface area contributed by atoms with E-state index in [2.05, 4.69) is 60.6 Å². The van der Waals surface area contributed by atoms with Crippen LogP contribution < -0.4 is 5.32 Å². The Labute approximate surface area is 209 Å². The van der Waals surface area contributed by atoms with Crippen LogP contribution in [0.2, 0.25) is 5.02 Å². The molecule has 1 amide bonds. The Hall–Kier alpha value is -3.09. The fourth-order valence-electron chi connectivity index (χ4n) is 3.52. The molecule has 1 heterocycles. The number of rotatable bonds is 6. The number of para-hydroxylation sites is 1. The lowest BCUT2D eigenvalue weighted by Gasteiger charge is -2.19. The Kier molecular flexibility index (Phi) is 7.10. The molecule has 0 spiro atoms. The largest absolute Gasteiger partial charge is 0.325 e. The molecule has 3 aromatic carbocycles. The fourth-order valence-corrected chi connectivity index (χ4v) is 4.45. The molecule has 5 nitrogen and oxygen atoms in total. The molecular weight excluding hydrogens is 464 g/mol. The van der Waals surface area contributed by atoms with Crippen LogP contribution in [0.3, 0.4) is 0 Å². The first kappa shape index (κ1) is 24.0. The second kappa shape index (κ2) is 10.0. The number of hydrogen-bond donors (Lipinski definition) is 1.